The second-order valence-corrected chi connectivity index (χ2v) is 3.34. The van der Waals surface area contributed by atoms with Gasteiger partial charge in [-0.2, -0.15) is 0 Å². The largest absolute Gasteiger partial charge is 0.294 e. The SMILES string of the molecule is Cc1ccc(CNS(=O)O)cc1. The third kappa shape index (κ3) is 3.13. The molecule has 1 aromatic rings. The summed E-state index contributed by atoms with van der Waals surface area (Å²) in [6.45, 7) is 2.42. The van der Waals surface area contributed by atoms with Gasteiger partial charge in [0.25, 0.3) is 0 Å². The van der Waals surface area contributed by atoms with Crippen LogP contribution in [0.25, 0.3) is 0 Å². The highest BCUT2D eigenvalue weighted by Gasteiger charge is 1.93. The summed E-state index contributed by atoms with van der Waals surface area (Å²) in [7, 11) is 0. The Morgan fingerprint density at radius 1 is 1.42 bits per heavy atom. The average Bonchev–Trinajstić information content (AvgIpc) is 2.03. The van der Waals surface area contributed by atoms with E-state index in [1.807, 2.05) is 31.2 Å². The summed E-state index contributed by atoms with van der Waals surface area (Å²) in [4.78, 5) is 0. The molecule has 2 N–H and O–H groups in total. The van der Waals surface area contributed by atoms with E-state index in [1.54, 1.807) is 0 Å². The van der Waals surface area contributed by atoms with Crippen LogP contribution in [0.2, 0.25) is 0 Å². The van der Waals surface area contributed by atoms with Crippen molar-refractivity contribution >= 4 is 11.3 Å². The summed E-state index contributed by atoms with van der Waals surface area (Å²) in [5.74, 6) is 0. The van der Waals surface area contributed by atoms with Crippen LogP contribution in [-0.2, 0) is 17.8 Å². The molecule has 0 saturated carbocycles. The molecule has 66 valence electrons. The average molecular weight is 185 g/mol. The Labute approximate surface area is 74.2 Å². The zero-order chi connectivity index (χ0) is 8.97. The van der Waals surface area contributed by atoms with Crippen molar-refractivity contribution in [3.63, 3.8) is 0 Å². The zero-order valence-electron chi connectivity index (χ0n) is 6.78. The highest BCUT2D eigenvalue weighted by Crippen LogP contribution is 2.02. The van der Waals surface area contributed by atoms with Gasteiger partial charge in [0, 0.05) is 6.54 Å². The second-order valence-electron chi connectivity index (χ2n) is 2.56. The Hall–Kier alpha value is -0.710. The molecule has 0 aromatic heterocycles. The van der Waals surface area contributed by atoms with Crippen molar-refractivity contribution in [3.8, 4) is 0 Å². The Morgan fingerprint density at radius 3 is 2.50 bits per heavy atom. The fourth-order valence-corrected chi connectivity index (χ4v) is 1.14. The lowest BCUT2D eigenvalue weighted by Crippen LogP contribution is -2.15. The van der Waals surface area contributed by atoms with Crippen LogP contribution < -0.4 is 4.72 Å². The molecule has 1 rings (SSSR count). The van der Waals surface area contributed by atoms with Crippen LogP contribution in [0.5, 0.6) is 0 Å². The monoisotopic (exact) mass is 185 g/mol. The molecule has 1 atom stereocenters. The van der Waals surface area contributed by atoms with Crippen LogP contribution in [0.15, 0.2) is 24.3 Å². The minimum absolute atomic E-state index is 0.420. The Balaban J connectivity index is 2.53. The number of rotatable bonds is 3. The number of aryl methyl sites for hydroxylation is 1. The second kappa shape index (κ2) is 4.35. The van der Waals surface area contributed by atoms with Gasteiger partial charge in [-0.15, -0.1) is 0 Å². The molecule has 0 fully saturated rings. The summed E-state index contributed by atoms with van der Waals surface area (Å²) in [5.41, 5.74) is 2.19. The molecule has 0 aliphatic carbocycles. The predicted molar refractivity (Wildman–Crippen MR) is 48.8 cm³/mol. The van der Waals surface area contributed by atoms with Gasteiger partial charge in [0.15, 0.2) is 0 Å². The van der Waals surface area contributed by atoms with E-state index in [0.717, 1.165) is 5.56 Å². The van der Waals surface area contributed by atoms with Gasteiger partial charge in [-0.05, 0) is 12.5 Å². The molecule has 0 radical (unpaired) electrons. The standard InChI is InChI=1S/C8H11NO2S/c1-7-2-4-8(5-3-7)6-9-12(10)11/h2-5,9H,6H2,1H3,(H,10,11). The van der Waals surface area contributed by atoms with Gasteiger partial charge in [0.1, 0.15) is 0 Å². The van der Waals surface area contributed by atoms with Crippen molar-refractivity contribution in [1.29, 1.82) is 0 Å². The molecule has 0 aliphatic heterocycles. The minimum Gasteiger partial charge on any atom is -0.294 e. The number of hydrogen-bond donors (Lipinski definition) is 2. The van der Waals surface area contributed by atoms with E-state index < -0.39 is 11.3 Å². The maximum absolute atomic E-state index is 10.2. The molecule has 12 heavy (non-hydrogen) atoms. The molecule has 1 unspecified atom stereocenters. The van der Waals surface area contributed by atoms with E-state index in [-0.39, 0.29) is 0 Å². The molecule has 4 heteroatoms. The van der Waals surface area contributed by atoms with Crippen molar-refractivity contribution in [1.82, 2.24) is 4.72 Å². The molecule has 0 bridgehead atoms. The first-order valence-corrected chi connectivity index (χ1v) is 4.69. The molecule has 0 spiro atoms. The molecule has 0 amide bonds. The summed E-state index contributed by atoms with van der Waals surface area (Å²) in [6.07, 6.45) is 0. The first-order valence-electron chi connectivity index (χ1n) is 3.58. The van der Waals surface area contributed by atoms with Gasteiger partial charge in [0.2, 0.25) is 11.3 Å². The van der Waals surface area contributed by atoms with Crippen LogP contribution in [0.1, 0.15) is 11.1 Å². The quantitative estimate of drug-likeness (QED) is 0.696. The van der Waals surface area contributed by atoms with Crippen molar-refractivity contribution < 1.29 is 8.76 Å². The topological polar surface area (TPSA) is 49.3 Å². The lowest BCUT2D eigenvalue weighted by Gasteiger charge is -2.00. The zero-order valence-corrected chi connectivity index (χ0v) is 7.60. The molecular formula is C8H11NO2S. The number of hydrogen-bond acceptors (Lipinski definition) is 1. The highest BCUT2D eigenvalue weighted by molar-refractivity contribution is 7.77. The van der Waals surface area contributed by atoms with E-state index in [0.29, 0.717) is 6.54 Å². The van der Waals surface area contributed by atoms with Gasteiger partial charge in [-0.25, -0.2) is 8.93 Å². The molecule has 0 heterocycles. The Kier molecular flexibility index (Phi) is 3.40. The van der Waals surface area contributed by atoms with Gasteiger partial charge >= 0.3 is 0 Å². The summed E-state index contributed by atoms with van der Waals surface area (Å²) in [5, 5.41) is 0. The smallest absolute Gasteiger partial charge is 0.232 e. The number of nitrogens with one attached hydrogen (secondary N) is 1. The van der Waals surface area contributed by atoms with E-state index in [2.05, 4.69) is 4.72 Å². The van der Waals surface area contributed by atoms with E-state index in [9.17, 15) is 4.21 Å². The van der Waals surface area contributed by atoms with Gasteiger partial charge in [-0.1, -0.05) is 29.8 Å². The van der Waals surface area contributed by atoms with Crippen molar-refractivity contribution in [3.05, 3.63) is 35.4 Å². The number of benzene rings is 1. The lowest BCUT2D eigenvalue weighted by molar-refractivity contribution is 0.548. The fraction of sp³-hybridized carbons (Fsp3) is 0.250. The molecule has 3 nitrogen and oxygen atoms in total. The molecule has 0 saturated heterocycles. The van der Waals surface area contributed by atoms with Crippen LogP contribution in [-0.4, -0.2) is 8.76 Å². The Bertz CT molecular complexity index is 271. The van der Waals surface area contributed by atoms with Crippen LogP contribution in [0.4, 0.5) is 0 Å². The lowest BCUT2D eigenvalue weighted by atomic mass is 10.2. The van der Waals surface area contributed by atoms with E-state index in [4.69, 9.17) is 4.55 Å². The molecular weight excluding hydrogens is 174 g/mol. The third-order valence-corrected chi connectivity index (χ3v) is 1.91. The molecule has 0 aliphatic rings. The van der Waals surface area contributed by atoms with Gasteiger partial charge in [0.05, 0.1) is 0 Å². The van der Waals surface area contributed by atoms with E-state index >= 15 is 0 Å². The molecule has 1 aromatic carbocycles. The maximum atomic E-state index is 10.2. The van der Waals surface area contributed by atoms with E-state index in [1.165, 1.54) is 5.56 Å². The third-order valence-electron chi connectivity index (χ3n) is 1.52. The first kappa shape index (κ1) is 9.38. The van der Waals surface area contributed by atoms with Crippen LogP contribution in [0.3, 0.4) is 0 Å². The van der Waals surface area contributed by atoms with Crippen LogP contribution >= 0.6 is 0 Å². The summed E-state index contributed by atoms with van der Waals surface area (Å²) < 4.78 is 21.1. The van der Waals surface area contributed by atoms with Gasteiger partial charge in [-0.3, -0.25) is 4.55 Å². The predicted octanol–water partition coefficient (Wildman–Crippen LogP) is 1.22. The van der Waals surface area contributed by atoms with Crippen molar-refractivity contribution in [2.45, 2.75) is 13.5 Å². The normalized spacial score (nSPS) is 12.8. The maximum Gasteiger partial charge on any atom is 0.232 e. The summed E-state index contributed by atoms with van der Waals surface area (Å²) >= 11 is -1.92. The van der Waals surface area contributed by atoms with Gasteiger partial charge < -0.3 is 0 Å². The first-order chi connectivity index (χ1) is 5.68. The highest BCUT2D eigenvalue weighted by atomic mass is 32.2. The summed E-state index contributed by atoms with van der Waals surface area (Å²) in [6, 6.07) is 7.79. The van der Waals surface area contributed by atoms with Crippen molar-refractivity contribution in [2.24, 2.45) is 0 Å². The van der Waals surface area contributed by atoms with Crippen molar-refractivity contribution in [2.75, 3.05) is 0 Å². The minimum atomic E-state index is -1.92. The Morgan fingerprint density at radius 2 is 2.00 bits per heavy atom. The van der Waals surface area contributed by atoms with Crippen LogP contribution in [0, 0.1) is 6.92 Å². The fourth-order valence-electron chi connectivity index (χ4n) is 0.851.